The maximum Gasteiger partial charge on any atom is 0.0591 e. The Morgan fingerprint density at radius 3 is 1.80 bits per heavy atom. The minimum atomic E-state index is 1.02. The van der Waals surface area contributed by atoms with Crippen LogP contribution in [0.3, 0.4) is 0 Å². The molecule has 4 aromatic carbocycles. The van der Waals surface area contributed by atoms with Crippen molar-refractivity contribution in [2.75, 3.05) is 10.3 Å². The van der Waals surface area contributed by atoms with Gasteiger partial charge in [-0.15, -0.1) is 0 Å². The highest BCUT2D eigenvalue weighted by molar-refractivity contribution is 5.83. The van der Waals surface area contributed by atoms with Crippen LogP contribution in [0, 0.1) is 13.8 Å². The van der Waals surface area contributed by atoms with Crippen LogP contribution in [0.15, 0.2) is 108 Å². The lowest BCUT2D eigenvalue weighted by Gasteiger charge is -2.25. The van der Waals surface area contributed by atoms with E-state index in [0.717, 1.165) is 28.3 Å². The van der Waals surface area contributed by atoms with E-state index in [1.807, 2.05) is 18.3 Å². The molecule has 4 aromatic rings. The molecule has 0 bridgehead atoms. The zero-order valence-electron chi connectivity index (χ0n) is 17.3. The van der Waals surface area contributed by atoms with Gasteiger partial charge < -0.3 is 4.90 Å². The number of nitrogens with zero attached hydrogens (tertiary/aromatic N) is 2. The first-order valence-corrected chi connectivity index (χ1v) is 10.1. The molecule has 0 radical (unpaired) electrons. The monoisotopic (exact) mass is 391 g/mol. The third-order valence-corrected chi connectivity index (χ3v) is 4.96. The van der Waals surface area contributed by atoms with E-state index < -0.39 is 0 Å². The molecule has 30 heavy (non-hydrogen) atoms. The molecule has 0 atom stereocenters. The molecular weight excluding hydrogens is 366 g/mol. The van der Waals surface area contributed by atoms with Gasteiger partial charge >= 0.3 is 0 Å². The Kier molecular flexibility index (Phi) is 5.90. The van der Waals surface area contributed by atoms with E-state index in [4.69, 9.17) is 0 Å². The van der Waals surface area contributed by atoms with Gasteiger partial charge in [0.05, 0.1) is 11.9 Å². The molecule has 0 heterocycles. The molecule has 3 nitrogen and oxygen atoms in total. The summed E-state index contributed by atoms with van der Waals surface area (Å²) in [6.45, 7) is 4.18. The smallest absolute Gasteiger partial charge is 0.0591 e. The fourth-order valence-corrected chi connectivity index (χ4v) is 3.43. The normalized spacial score (nSPS) is 10.9. The van der Waals surface area contributed by atoms with Crippen molar-refractivity contribution < 1.29 is 0 Å². The second kappa shape index (κ2) is 9.10. The molecule has 0 aromatic heterocycles. The summed E-state index contributed by atoms with van der Waals surface area (Å²) in [6, 6.07) is 35.5. The van der Waals surface area contributed by atoms with Crippen LogP contribution in [0.5, 0.6) is 0 Å². The Balaban J connectivity index is 1.55. The van der Waals surface area contributed by atoms with E-state index in [9.17, 15) is 0 Å². The van der Waals surface area contributed by atoms with E-state index in [1.54, 1.807) is 0 Å². The lowest BCUT2D eigenvalue weighted by molar-refractivity contribution is 1.28. The van der Waals surface area contributed by atoms with E-state index in [0.29, 0.717) is 0 Å². The van der Waals surface area contributed by atoms with Crippen molar-refractivity contribution in [3.8, 4) is 0 Å². The Bertz CT molecular complexity index is 1080. The number of para-hydroxylation sites is 2. The van der Waals surface area contributed by atoms with Gasteiger partial charge in [0.15, 0.2) is 0 Å². The molecule has 148 valence electrons. The number of rotatable bonds is 6. The third-order valence-electron chi connectivity index (χ3n) is 4.96. The molecule has 0 fully saturated rings. The molecule has 4 rings (SSSR count). The van der Waals surface area contributed by atoms with Crippen LogP contribution in [0.25, 0.3) is 0 Å². The Hall–Kier alpha value is -3.85. The molecule has 0 aliphatic carbocycles. The van der Waals surface area contributed by atoms with Crippen molar-refractivity contribution in [2.45, 2.75) is 13.8 Å². The van der Waals surface area contributed by atoms with Crippen LogP contribution < -0.4 is 10.3 Å². The zero-order valence-corrected chi connectivity index (χ0v) is 17.3. The molecule has 0 amide bonds. The summed E-state index contributed by atoms with van der Waals surface area (Å²) in [5.74, 6) is 0. The first-order chi connectivity index (χ1) is 14.7. The lowest BCUT2D eigenvalue weighted by atomic mass is 10.1. The third kappa shape index (κ3) is 4.58. The predicted octanol–water partition coefficient (Wildman–Crippen LogP) is 7.22. The van der Waals surface area contributed by atoms with Crippen molar-refractivity contribution in [1.82, 2.24) is 0 Å². The molecule has 1 N–H and O–H groups in total. The van der Waals surface area contributed by atoms with Gasteiger partial charge in [0.25, 0.3) is 0 Å². The average Bonchev–Trinajstić information content (AvgIpc) is 2.78. The number of hydrazone groups is 1. The summed E-state index contributed by atoms with van der Waals surface area (Å²) in [4.78, 5) is 2.24. The summed E-state index contributed by atoms with van der Waals surface area (Å²) in [5, 5.41) is 4.40. The highest BCUT2D eigenvalue weighted by atomic mass is 15.3. The van der Waals surface area contributed by atoms with Crippen LogP contribution in [-0.4, -0.2) is 6.21 Å². The molecule has 0 spiro atoms. The number of hydrogen-bond donors (Lipinski definition) is 1. The summed E-state index contributed by atoms with van der Waals surface area (Å²) >= 11 is 0. The highest BCUT2D eigenvalue weighted by Gasteiger charge is 2.11. The van der Waals surface area contributed by atoms with Crippen molar-refractivity contribution in [1.29, 1.82) is 0 Å². The molecule has 0 aliphatic rings. The first kappa shape index (κ1) is 19.5. The van der Waals surface area contributed by atoms with E-state index in [-0.39, 0.29) is 0 Å². The van der Waals surface area contributed by atoms with Gasteiger partial charge in [-0.05, 0) is 67.4 Å². The maximum absolute atomic E-state index is 4.40. The van der Waals surface area contributed by atoms with Crippen LogP contribution >= 0.6 is 0 Å². The zero-order chi connectivity index (χ0) is 20.8. The summed E-state index contributed by atoms with van der Waals surface area (Å²) in [5.41, 5.74) is 11.0. The summed E-state index contributed by atoms with van der Waals surface area (Å²) < 4.78 is 0. The number of benzene rings is 4. The van der Waals surface area contributed by atoms with Gasteiger partial charge in [0.1, 0.15) is 0 Å². The Morgan fingerprint density at radius 2 is 1.23 bits per heavy atom. The van der Waals surface area contributed by atoms with Crippen LogP contribution in [0.4, 0.5) is 22.7 Å². The molecule has 3 heteroatoms. The predicted molar refractivity (Wildman–Crippen MR) is 128 cm³/mol. The van der Waals surface area contributed by atoms with Crippen LogP contribution in [0.2, 0.25) is 0 Å². The van der Waals surface area contributed by atoms with Crippen molar-refractivity contribution in [3.05, 3.63) is 120 Å². The molecule has 0 saturated carbocycles. The van der Waals surface area contributed by atoms with E-state index in [1.165, 1.54) is 11.1 Å². The standard InChI is InChI=1S/C27H25N3/c1-21-13-18-27(22(2)19-21)29-28-20-23-14-16-26(17-15-23)30(24-9-5-3-6-10-24)25-11-7-4-8-12-25/h3-20,29H,1-2H3/b28-20+. The number of aryl methyl sites for hydroxylation is 2. The topological polar surface area (TPSA) is 27.6 Å². The minimum Gasteiger partial charge on any atom is -0.311 e. The van der Waals surface area contributed by atoms with Crippen molar-refractivity contribution in [2.24, 2.45) is 5.10 Å². The van der Waals surface area contributed by atoms with Crippen LogP contribution in [-0.2, 0) is 0 Å². The largest absolute Gasteiger partial charge is 0.311 e. The molecular formula is C27H25N3. The minimum absolute atomic E-state index is 1.02. The van der Waals surface area contributed by atoms with Gasteiger partial charge in [-0.1, -0.05) is 66.2 Å². The van der Waals surface area contributed by atoms with Crippen LogP contribution in [0.1, 0.15) is 16.7 Å². The SMILES string of the molecule is Cc1ccc(N/N=C/c2ccc(N(c3ccccc3)c3ccccc3)cc2)c(C)c1. The second-order valence-electron chi connectivity index (χ2n) is 7.29. The lowest BCUT2D eigenvalue weighted by Crippen LogP contribution is -2.09. The summed E-state index contributed by atoms with van der Waals surface area (Å²) in [6.07, 6.45) is 1.85. The highest BCUT2D eigenvalue weighted by Crippen LogP contribution is 2.33. The van der Waals surface area contributed by atoms with Gasteiger partial charge in [0.2, 0.25) is 0 Å². The quantitative estimate of drug-likeness (QED) is 0.277. The Labute approximate surface area is 178 Å². The number of hydrogen-bond acceptors (Lipinski definition) is 3. The summed E-state index contributed by atoms with van der Waals surface area (Å²) in [7, 11) is 0. The molecule has 0 aliphatic heterocycles. The van der Waals surface area contributed by atoms with Gasteiger partial charge in [0, 0.05) is 17.1 Å². The fourth-order valence-electron chi connectivity index (χ4n) is 3.43. The molecule has 0 unspecified atom stereocenters. The fraction of sp³-hybridized carbons (Fsp3) is 0.0741. The first-order valence-electron chi connectivity index (χ1n) is 10.1. The van der Waals surface area contributed by atoms with E-state index >= 15 is 0 Å². The second-order valence-corrected chi connectivity index (χ2v) is 7.29. The number of anilines is 4. The van der Waals surface area contributed by atoms with Crippen molar-refractivity contribution in [3.63, 3.8) is 0 Å². The van der Waals surface area contributed by atoms with Gasteiger partial charge in [-0.25, -0.2) is 0 Å². The van der Waals surface area contributed by atoms with Gasteiger partial charge in [-0.2, -0.15) is 5.10 Å². The molecule has 0 saturated heterocycles. The van der Waals surface area contributed by atoms with E-state index in [2.05, 4.69) is 120 Å². The maximum atomic E-state index is 4.40. The van der Waals surface area contributed by atoms with Gasteiger partial charge in [-0.3, -0.25) is 5.43 Å². The average molecular weight is 392 g/mol. The number of nitrogens with one attached hydrogen (secondary N) is 1. The van der Waals surface area contributed by atoms with Crippen molar-refractivity contribution >= 4 is 29.0 Å². The Morgan fingerprint density at radius 1 is 0.667 bits per heavy atom.